The lowest BCUT2D eigenvalue weighted by atomic mass is 10.00. The number of hydrogen-bond acceptors (Lipinski definition) is 4. The van der Waals surface area contributed by atoms with E-state index in [2.05, 4.69) is 10.2 Å². The van der Waals surface area contributed by atoms with E-state index in [1.165, 1.54) is 12.1 Å². The molecule has 1 aromatic heterocycles. The lowest BCUT2D eigenvalue weighted by Crippen LogP contribution is -2.36. The zero-order valence-corrected chi connectivity index (χ0v) is 15.9. The number of carbonyl (C=O) groups is 1. The van der Waals surface area contributed by atoms with Crippen LogP contribution in [0.1, 0.15) is 27.2 Å². The van der Waals surface area contributed by atoms with Crippen LogP contribution in [-0.2, 0) is 13.0 Å². The second-order valence-corrected chi connectivity index (χ2v) is 7.21. The summed E-state index contributed by atoms with van der Waals surface area (Å²) in [6.07, 6.45) is 0.674. The van der Waals surface area contributed by atoms with E-state index >= 15 is 0 Å². The summed E-state index contributed by atoms with van der Waals surface area (Å²) in [5, 5.41) is 19.1. The summed E-state index contributed by atoms with van der Waals surface area (Å²) in [7, 11) is 0. The molecule has 1 amide bonds. The van der Waals surface area contributed by atoms with E-state index in [1.54, 1.807) is 17.9 Å². The number of halogens is 1. The Bertz CT molecular complexity index is 1080. The fourth-order valence-electron chi connectivity index (χ4n) is 3.49. The van der Waals surface area contributed by atoms with E-state index in [0.29, 0.717) is 35.7 Å². The van der Waals surface area contributed by atoms with Crippen molar-refractivity contribution in [3.63, 3.8) is 0 Å². The predicted octanol–water partition coefficient (Wildman–Crippen LogP) is 4.15. The maximum Gasteiger partial charge on any atom is 0.272 e. The van der Waals surface area contributed by atoms with Gasteiger partial charge in [-0.25, -0.2) is 0 Å². The molecule has 0 saturated carbocycles. The lowest BCUT2D eigenvalue weighted by Gasteiger charge is -2.27. The molecule has 0 saturated heterocycles. The number of aryl methyl sites for hydroxylation is 1. The minimum absolute atomic E-state index is 0.0114. The summed E-state index contributed by atoms with van der Waals surface area (Å²) in [4.78, 5) is 25.3. The zero-order valence-electron chi connectivity index (χ0n) is 15.1. The number of benzene rings is 2. The van der Waals surface area contributed by atoms with Crippen LogP contribution < -0.4 is 0 Å². The van der Waals surface area contributed by atoms with Crippen LogP contribution in [0.25, 0.3) is 11.3 Å². The van der Waals surface area contributed by atoms with Crippen molar-refractivity contribution in [1.82, 2.24) is 15.1 Å². The predicted molar refractivity (Wildman–Crippen MR) is 105 cm³/mol. The molecule has 0 fully saturated rings. The standard InChI is InChI=1S/C20H17ClN4O3/c1-12-10-14(4-7-18(12)25(27)28)20(26)24-9-8-17-16(11-24)19(23-22-17)13-2-5-15(21)6-3-13/h2-7,10H,8-9,11H2,1H3,(H,22,23). The van der Waals surface area contributed by atoms with E-state index in [9.17, 15) is 14.9 Å². The molecule has 4 rings (SSSR count). The maximum atomic E-state index is 13.0. The molecule has 1 aliphatic heterocycles. The van der Waals surface area contributed by atoms with E-state index in [4.69, 9.17) is 11.6 Å². The normalized spacial score (nSPS) is 13.3. The molecule has 0 unspecified atom stereocenters. The van der Waals surface area contributed by atoms with E-state index < -0.39 is 4.92 Å². The molecular weight excluding hydrogens is 380 g/mol. The van der Waals surface area contributed by atoms with Crippen molar-refractivity contribution in [3.05, 3.63) is 80.0 Å². The second-order valence-electron chi connectivity index (χ2n) is 6.77. The Morgan fingerprint density at radius 2 is 2.00 bits per heavy atom. The summed E-state index contributed by atoms with van der Waals surface area (Å²) >= 11 is 5.97. The Labute approximate surface area is 166 Å². The Balaban J connectivity index is 1.61. The first-order valence-corrected chi connectivity index (χ1v) is 9.18. The Morgan fingerprint density at radius 3 is 2.68 bits per heavy atom. The van der Waals surface area contributed by atoms with Crippen LogP contribution in [0.5, 0.6) is 0 Å². The van der Waals surface area contributed by atoms with Gasteiger partial charge in [-0.1, -0.05) is 23.7 Å². The second kappa shape index (κ2) is 7.09. The van der Waals surface area contributed by atoms with E-state index in [1.807, 2.05) is 24.3 Å². The van der Waals surface area contributed by atoms with Crippen molar-refractivity contribution >= 4 is 23.2 Å². The minimum atomic E-state index is -0.444. The molecule has 8 heteroatoms. The third kappa shape index (κ3) is 3.25. The van der Waals surface area contributed by atoms with Gasteiger partial charge in [-0.05, 0) is 31.2 Å². The van der Waals surface area contributed by atoms with E-state index in [0.717, 1.165) is 22.5 Å². The van der Waals surface area contributed by atoms with Gasteiger partial charge in [0.1, 0.15) is 0 Å². The van der Waals surface area contributed by atoms with Gasteiger partial charge in [-0.15, -0.1) is 0 Å². The van der Waals surface area contributed by atoms with Crippen LogP contribution in [-0.4, -0.2) is 32.5 Å². The number of carbonyl (C=O) groups excluding carboxylic acids is 1. The number of nitro benzene ring substituents is 1. The number of H-pyrrole nitrogens is 1. The Hall–Kier alpha value is -3.19. The summed E-state index contributed by atoms with van der Waals surface area (Å²) in [5.41, 5.74) is 4.68. The molecule has 0 aliphatic carbocycles. The number of aromatic amines is 1. The first-order valence-electron chi connectivity index (χ1n) is 8.80. The van der Waals surface area contributed by atoms with Crippen LogP contribution >= 0.6 is 11.6 Å². The molecule has 1 aliphatic rings. The summed E-state index contributed by atoms with van der Waals surface area (Å²) in [6, 6.07) is 11.9. The SMILES string of the molecule is Cc1cc(C(=O)N2CCc3[nH]nc(-c4ccc(Cl)cc4)c3C2)ccc1[N+](=O)[O-]. The number of rotatable bonds is 3. The van der Waals surface area contributed by atoms with Gasteiger partial charge < -0.3 is 4.90 Å². The quantitative estimate of drug-likeness (QED) is 0.531. The third-order valence-corrected chi connectivity index (χ3v) is 5.23. The van der Waals surface area contributed by atoms with Crippen LogP contribution in [0.2, 0.25) is 5.02 Å². The molecule has 0 bridgehead atoms. The fourth-order valence-corrected chi connectivity index (χ4v) is 3.62. The van der Waals surface area contributed by atoms with Gasteiger partial charge in [0.25, 0.3) is 11.6 Å². The van der Waals surface area contributed by atoms with Crippen LogP contribution in [0.4, 0.5) is 5.69 Å². The number of fused-ring (bicyclic) bond motifs is 1. The van der Waals surface area contributed by atoms with Gasteiger partial charge in [-0.3, -0.25) is 20.0 Å². The van der Waals surface area contributed by atoms with Crippen molar-refractivity contribution < 1.29 is 9.72 Å². The highest BCUT2D eigenvalue weighted by Gasteiger charge is 2.27. The molecule has 7 nitrogen and oxygen atoms in total. The Morgan fingerprint density at radius 1 is 1.25 bits per heavy atom. The topological polar surface area (TPSA) is 92.1 Å². The largest absolute Gasteiger partial charge is 0.334 e. The van der Waals surface area contributed by atoms with Gasteiger partial charge in [-0.2, -0.15) is 5.10 Å². The number of amides is 1. The van der Waals surface area contributed by atoms with Crippen molar-refractivity contribution in [1.29, 1.82) is 0 Å². The van der Waals surface area contributed by atoms with Gasteiger partial charge in [0.05, 0.1) is 10.6 Å². The summed E-state index contributed by atoms with van der Waals surface area (Å²) < 4.78 is 0. The highest BCUT2D eigenvalue weighted by Crippen LogP contribution is 2.30. The number of nitrogens with zero attached hydrogens (tertiary/aromatic N) is 3. The van der Waals surface area contributed by atoms with Gasteiger partial charge in [0.15, 0.2) is 0 Å². The maximum absolute atomic E-state index is 13.0. The van der Waals surface area contributed by atoms with Gasteiger partial charge in [0.2, 0.25) is 0 Å². The molecular formula is C20H17ClN4O3. The number of nitrogens with one attached hydrogen (secondary N) is 1. The average Bonchev–Trinajstić information content (AvgIpc) is 3.11. The Kier molecular flexibility index (Phi) is 4.60. The third-order valence-electron chi connectivity index (χ3n) is 4.98. The fraction of sp³-hybridized carbons (Fsp3) is 0.200. The van der Waals surface area contributed by atoms with Crippen molar-refractivity contribution in [2.75, 3.05) is 6.54 Å². The number of aromatic nitrogens is 2. The smallest absolute Gasteiger partial charge is 0.272 e. The highest BCUT2D eigenvalue weighted by molar-refractivity contribution is 6.30. The molecule has 1 N–H and O–H groups in total. The molecule has 28 heavy (non-hydrogen) atoms. The number of nitro groups is 1. The molecule has 0 radical (unpaired) electrons. The monoisotopic (exact) mass is 396 g/mol. The van der Waals surface area contributed by atoms with Gasteiger partial charge in [0, 0.05) is 58.5 Å². The molecule has 142 valence electrons. The summed E-state index contributed by atoms with van der Waals surface area (Å²) in [5.74, 6) is -0.146. The van der Waals surface area contributed by atoms with Crippen molar-refractivity contribution in [2.45, 2.75) is 19.9 Å². The molecule has 0 atom stereocenters. The first-order chi connectivity index (χ1) is 13.4. The molecule has 0 spiro atoms. The molecule has 2 aromatic carbocycles. The minimum Gasteiger partial charge on any atom is -0.334 e. The average molecular weight is 397 g/mol. The van der Waals surface area contributed by atoms with Crippen molar-refractivity contribution in [3.8, 4) is 11.3 Å². The van der Waals surface area contributed by atoms with Crippen LogP contribution in [0.3, 0.4) is 0 Å². The molecule has 2 heterocycles. The molecule has 3 aromatic rings. The highest BCUT2D eigenvalue weighted by atomic mass is 35.5. The van der Waals surface area contributed by atoms with E-state index in [-0.39, 0.29) is 11.6 Å². The summed E-state index contributed by atoms with van der Waals surface area (Å²) in [6.45, 7) is 2.63. The lowest BCUT2D eigenvalue weighted by molar-refractivity contribution is -0.385. The van der Waals surface area contributed by atoms with Crippen molar-refractivity contribution in [2.24, 2.45) is 0 Å². The first kappa shape index (κ1) is 18.2. The zero-order chi connectivity index (χ0) is 19.8. The number of hydrogen-bond donors (Lipinski definition) is 1. The van der Waals surface area contributed by atoms with Gasteiger partial charge >= 0.3 is 0 Å². The van der Waals surface area contributed by atoms with Crippen LogP contribution in [0, 0.1) is 17.0 Å². The van der Waals surface area contributed by atoms with Crippen LogP contribution in [0.15, 0.2) is 42.5 Å².